The Morgan fingerprint density at radius 3 is 2.50 bits per heavy atom. The number of thioether (sulfide) groups is 1. The summed E-state index contributed by atoms with van der Waals surface area (Å²) in [5, 5.41) is 9.23. The monoisotopic (exact) mass is 183 g/mol. The van der Waals surface area contributed by atoms with Crippen LogP contribution in [-0.2, 0) is 0 Å². The van der Waals surface area contributed by atoms with E-state index in [1.165, 1.54) is 11.8 Å². The van der Waals surface area contributed by atoms with Crippen molar-refractivity contribution in [2.45, 2.75) is 13.8 Å². The zero-order valence-corrected chi connectivity index (χ0v) is 8.48. The molecule has 1 saturated heterocycles. The summed E-state index contributed by atoms with van der Waals surface area (Å²) in [6.45, 7) is 6.45. The van der Waals surface area contributed by atoms with E-state index in [2.05, 4.69) is 23.7 Å². The highest BCUT2D eigenvalue weighted by atomic mass is 32.2. The predicted octanol–water partition coefficient (Wildman–Crippen LogP) is 1.53. The maximum absolute atomic E-state index is 8.39. The molecule has 0 amide bonds. The molecule has 1 fully saturated rings. The van der Waals surface area contributed by atoms with Crippen LogP contribution in [0.25, 0.3) is 0 Å². The van der Waals surface area contributed by atoms with Gasteiger partial charge in [-0.3, -0.25) is 0 Å². The van der Waals surface area contributed by atoms with Gasteiger partial charge >= 0.3 is 0 Å². The van der Waals surface area contributed by atoms with E-state index in [1.54, 1.807) is 0 Å². The fraction of sp³-hybridized carbons (Fsp3) is 0.750. The smallest absolute Gasteiger partial charge is 0.208 e. The van der Waals surface area contributed by atoms with Crippen LogP contribution in [0.4, 0.5) is 0 Å². The highest BCUT2D eigenvalue weighted by Crippen LogP contribution is 2.30. The maximum atomic E-state index is 8.39. The first-order valence-corrected chi connectivity index (χ1v) is 5.07. The average Bonchev–Trinajstić information content (AvgIpc) is 1.95. The summed E-state index contributed by atoms with van der Waals surface area (Å²) in [5.41, 5.74) is 0.395. The van der Waals surface area contributed by atoms with Crippen molar-refractivity contribution in [3.63, 3.8) is 0 Å². The molecule has 3 nitrogen and oxygen atoms in total. The van der Waals surface area contributed by atoms with Gasteiger partial charge in [-0.1, -0.05) is 25.6 Å². The van der Waals surface area contributed by atoms with Gasteiger partial charge in [0.15, 0.2) is 5.17 Å². The van der Waals surface area contributed by atoms with Crippen LogP contribution in [0, 0.1) is 16.9 Å². The second-order valence-corrected chi connectivity index (χ2v) is 4.49. The molecule has 0 spiro atoms. The summed E-state index contributed by atoms with van der Waals surface area (Å²) in [6.07, 6.45) is 3.77. The van der Waals surface area contributed by atoms with Crippen LogP contribution in [0.15, 0.2) is 4.99 Å². The highest BCUT2D eigenvalue weighted by molar-refractivity contribution is 8.13. The van der Waals surface area contributed by atoms with E-state index in [0.717, 1.165) is 18.3 Å². The van der Waals surface area contributed by atoms with E-state index in [-0.39, 0.29) is 0 Å². The van der Waals surface area contributed by atoms with Gasteiger partial charge in [0.05, 0.1) is 0 Å². The lowest BCUT2D eigenvalue weighted by Gasteiger charge is -2.46. The summed E-state index contributed by atoms with van der Waals surface area (Å²) in [4.78, 5) is 5.87. The van der Waals surface area contributed by atoms with Crippen LogP contribution in [-0.4, -0.2) is 29.4 Å². The van der Waals surface area contributed by atoms with E-state index in [4.69, 9.17) is 5.26 Å². The number of likely N-dealkylation sites (tertiary alicyclic amines) is 1. The molecule has 0 radical (unpaired) electrons. The van der Waals surface area contributed by atoms with Gasteiger partial charge in [-0.05, 0) is 11.7 Å². The van der Waals surface area contributed by atoms with Crippen LogP contribution in [0.5, 0.6) is 0 Å². The minimum Gasteiger partial charge on any atom is -0.349 e. The van der Waals surface area contributed by atoms with Crippen LogP contribution >= 0.6 is 11.8 Å². The van der Waals surface area contributed by atoms with E-state index in [0.29, 0.717) is 5.41 Å². The average molecular weight is 183 g/mol. The molecule has 0 aromatic rings. The highest BCUT2D eigenvalue weighted by Gasteiger charge is 2.35. The number of aliphatic imine (C=N–C) groups is 1. The van der Waals surface area contributed by atoms with Crippen LogP contribution in [0.2, 0.25) is 0 Å². The van der Waals surface area contributed by atoms with Gasteiger partial charge in [0.2, 0.25) is 6.19 Å². The Kier molecular flexibility index (Phi) is 2.63. The number of rotatable bonds is 0. The number of amidine groups is 1. The van der Waals surface area contributed by atoms with Gasteiger partial charge in [0.25, 0.3) is 0 Å². The molecule has 0 N–H and O–H groups in total. The molecule has 0 bridgehead atoms. The molecule has 1 rings (SSSR count). The van der Waals surface area contributed by atoms with E-state index < -0.39 is 0 Å². The third-order valence-corrected chi connectivity index (χ3v) is 2.55. The van der Waals surface area contributed by atoms with Gasteiger partial charge in [-0.2, -0.15) is 5.26 Å². The summed E-state index contributed by atoms with van der Waals surface area (Å²) in [5.74, 6) is 0. The molecule has 0 saturated carbocycles. The van der Waals surface area contributed by atoms with Crippen molar-refractivity contribution >= 4 is 16.9 Å². The van der Waals surface area contributed by atoms with Crippen molar-refractivity contribution in [1.82, 2.24) is 4.90 Å². The molecular weight excluding hydrogens is 170 g/mol. The molecule has 1 aliphatic rings. The van der Waals surface area contributed by atoms with Crippen molar-refractivity contribution in [2.75, 3.05) is 19.3 Å². The number of nitrogens with zero attached hydrogens (tertiary/aromatic N) is 3. The lowest BCUT2D eigenvalue weighted by Crippen LogP contribution is -2.54. The zero-order valence-electron chi connectivity index (χ0n) is 7.66. The lowest BCUT2D eigenvalue weighted by atomic mass is 9.85. The first kappa shape index (κ1) is 9.40. The summed E-state index contributed by atoms with van der Waals surface area (Å²) < 4.78 is 0. The first-order chi connectivity index (χ1) is 5.59. The van der Waals surface area contributed by atoms with E-state index >= 15 is 0 Å². The van der Waals surface area contributed by atoms with Gasteiger partial charge in [0.1, 0.15) is 0 Å². The van der Waals surface area contributed by atoms with Gasteiger partial charge in [-0.15, -0.1) is 4.99 Å². The third-order valence-electron chi connectivity index (χ3n) is 1.84. The topological polar surface area (TPSA) is 39.4 Å². The Morgan fingerprint density at radius 1 is 1.58 bits per heavy atom. The molecule has 12 heavy (non-hydrogen) atoms. The molecule has 1 aliphatic heterocycles. The molecule has 0 aromatic heterocycles. The first-order valence-electron chi connectivity index (χ1n) is 3.85. The maximum Gasteiger partial charge on any atom is 0.208 e. The Balaban J connectivity index is 2.52. The van der Waals surface area contributed by atoms with E-state index in [9.17, 15) is 0 Å². The molecule has 66 valence electrons. The Labute approximate surface area is 77.5 Å². The quantitative estimate of drug-likeness (QED) is 0.325. The minimum atomic E-state index is 0.395. The van der Waals surface area contributed by atoms with Crippen LogP contribution in [0.3, 0.4) is 0 Å². The third kappa shape index (κ3) is 1.92. The second kappa shape index (κ2) is 3.36. The zero-order chi connectivity index (χ0) is 9.19. The molecule has 0 unspecified atom stereocenters. The van der Waals surface area contributed by atoms with Gasteiger partial charge < -0.3 is 4.90 Å². The largest absolute Gasteiger partial charge is 0.349 e. The molecule has 0 aromatic carbocycles. The number of nitriles is 1. The van der Waals surface area contributed by atoms with Gasteiger partial charge in [0, 0.05) is 13.1 Å². The van der Waals surface area contributed by atoms with Gasteiger partial charge in [-0.25, -0.2) is 0 Å². The standard InChI is InChI=1S/C8H13N3S/c1-8(2)4-11(5-8)7(12-3)10-6-9/h4-5H2,1-3H3. The number of hydrogen-bond donors (Lipinski definition) is 0. The Morgan fingerprint density at radius 2 is 2.17 bits per heavy atom. The summed E-state index contributed by atoms with van der Waals surface area (Å²) in [6, 6.07) is 0. The summed E-state index contributed by atoms with van der Waals surface area (Å²) >= 11 is 1.53. The summed E-state index contributed by atoms with van der Waals surface area (Å²) in [7, 11) is 0. The SMILES string of the molecule is CSC(=NC#N)N1CC(C)(C)C1. The molecular formula is C8H13N3S. The molecule has 1 heterocycles. The molecule has 0 atom stereocenters. The van der Waals surface area contributed by atoms with Crippen LogP contribution < -0.4 is 0 Å². The fourth-order valence-corrected chi connectivity index (χ4v) is 1.93. The number of hydrogen-bond acceptors (Lipinski definition) is 3. The molecule has 0 aliphatic carbocycles. The van der Waals surface area contributed by atoms with Crippen molar-refractivity contribution in [3.05, 3.63) is 0 Å². The Hall–Kier alpha value is -0.690. The normalized spacial score (nSPS) is 21.5. The lowest BCUT2D eigenvalue weighted by molar-refractivity contribution is 0.102. The second-order valence-electron chi connectivity index (χ2n) is 3.72. The minimum absolute atomic E-state index is 0.395. The van der Waals surface area contributed by atoms with E-state index in [1.807, 2.05) is 12.4 Å². The predicted molar refractivity (Wildman–Crippen MR) is 51.9 cm³/mol. The Bertz CT molecular complexity index is 231. The van der Waals surface area contributed by atoms with Crippen molar-refractivity contribution < 1.29 is 0 Å². The fourth-order valence-electron chi connectivity index (χ4n) is 1.41. The van der Waals surface area contributed by atoms with Crippen molar-refractivity contribution in [3.8, 4) is 6.19 Å². The van der Waals surface area contributed by atoms with Crippen LogP contribution in [0.1, 0.15) is 13.8 Å². The van der Waals surface area contributed by atoms with Crippen molar-refractivity contribution in [1.29, 1.82) is 5.26 Å². The van der Waals surface area contributed by atoms with Crippen molar-refractivity contribution in [2.24, 2.45) is 10.4 Å². The molecule has 4 heteroatoms.